The number of carbonyl (C=O) groups excluding carboxylic acids is 2. The number of nitrogens with two attached hydrogens (primary N) is 1. The summed E-state index contributed by atoms with van der Waals surface area (Å²) in [5.74, 6) is -1.22. The van der Waals surface area contributed by atoms with E-state index in [2.05, 4.69) is 0 Å². The molecule has 1 amide bonds. The summed E-state index contributed by atoms with van der Waals surface area (Å²) in [6.45, 7) is 1.44. The zero-order chi connectivity index (χ0) is 13.0. The molecule has 0 radical (unpaired) electrons. The molecule has 0 heterocycles. The number of primary amides is 1. The van der Waals surface area contributed by atoms with E-state index in [1.54, 1.807) is 24.3 Å². The number of rotatable bonds is 4. The lowest BCUT2D eigenvalue weighted by Gasteiger charge is -2.13. The minimum atomic E-state index is -0.920. The number of benzene rings is 1. The maximum Gasteiger partial charge on any atom is 0.338 e. The molecule has 1 aromatic carbocycles. The van der Waals surface area contributed by atoms with E-state index in [4.69, 9.17) is 10.5 Å². The van der Waals surface area contributed by atoms with Crippen LogP contribution in [0.4, 0.5) is 5.69 Å². The van der Waals surface area contributed by atoms with E-state index in [-0.39, 0.29) is 0 Å². The zero-order valence-electron chi connectivity index (χ0n) is 10.1. The van der Waals surface area contributed by atoms with Crippen LogP contribution >= 0.6 is 0 Å². The largest absolute Gasteiger partial charge is 0.449 e. The van der Waals surface area contributed by atoms with Crippen molar-refractivity contribution < 1.29 is 14.3 Å². The van der Waals surface area contributed by atoms with Crippen LogP contribution in [0.3, 0.4) is 0 Å². The highest BCUT2D eigenvalue weighted by molar-refractivity contribution is 5.92. The fourth-order valence-electron chi connectivity index (χ4n) is 1.18. The van der Waals surface area contributed by atoms with Crippen LogP contribution in [0.2, 0.25) is 0 Å². The van der Waals surface area contributed by atoms with Crippen molar-refractivity contribution in [1.82, 2.24) is 0 Å². The Morgan fingerprint density at radius 2 is 1.76 bits per heavy atom. The molecule has 0 bridgehead atoms. The average Bonchev–Trinajstić information content (AvgIpc) is 2.28. The van der Waals surface area contributed by atoms with Crippen LogP contribution in [0.5, 0.6) is 0 Å². The topological polar surface area (TPSA) is 72.6 Å². The van der Waals surface area contributed by atoms with Crippen LogP contribution in [-0.2, 0) is 9.53 Å². The minimum Gasteiger partial charge on any atom is -0.449 e. The molecule has 5 heteroatoms. The lowest BCUT2D eigenvalue weighted by molar-refractivity contribution is -0.125. The number of carbonyl (C=O) groups is 2. The molecule has 92 valence electrons. The Labute approximate surface area is 100 Å². The lowest BCUT2D eigenvalue weighted by Crippen LogP contribution is -2.30. The van der Waals surface area contributed by atoms with Crippen molar-refractivity contribution in [2.24, 2.45) is 5.73 Å². The van der Waals surface area contributed by atoms with Gasteiger partial charge in [-0.25, -0.2) is 4.79 Å². The van der Waals surface area contributed by atoms with Gasteiger partial charge in [0.25, 0.3) is 5.91 Å². The van der Waals surface area contributed by atoms with Crippen molar-refractivity contribution in [3.63, 3.8) is 0 Å². The maximum atomic E-state index is 11.6. The van der Waals surface area contributed by atoms with Crippen molar-refractivity contribution in [2.75, 3.05) is 19.0 Å². The van der Waals surface area contributed by atoms with Crippen molar-refractivity contribution in [1.29, 1.82) is 0 Å². The van der Waals surface area contributed by atoms with E-state index < -0.39 is 18.0 Å². The van der Waals surface area contributed by atoms with Gasteiger partial charge in [0.15, 0.2) is 6.10 Å². The Hall–Kier alpha value is -2.04. The van der Waals surface area contributed by atoms with E-state index >= 15 is 0 Å². The molecular formula is C12H16N2O3. The van der Waals surface area contributed by atoms with E-state index in [0.29, 0.717) is 5.56 Å². The summed E-state index contributed by atoms with van der Waals surface area (Å²) in [7, 11) is 3.81. The summed E-state index contributed by atoms with van der Waals surface area (Å²) in [6, 6.07) is 6.88. The second-order valence-electron chi connectivity index (χ2n) is 3.89. The van der Waals surface area contributed by atoms with Gasteiger partial charge in [-0.2, -0.15) is 0 Å². The first-order chi connectivity index (χ1) is 7.91. The standard InChI is InChI=1S/C12H16N2O3/c1-8(11(13)15)17-12(16)9-4-6-10(7-5-9)14(2)3/h4-8H,1-3H3,(H2,13,15)/t8-/m0/s1. The van der Waals surface area contributed by atoms with E-state index in [0.717, 1.165) is 5.69 Å². The van der Waals surface area contributed by atoms with Gasteiger partial charge in [0.2, 0.25) is 0 Å². The van der Waals surface area contributed by atoms with E-state index in [1.165, 1.54) is 6.92 Å². The fourth-order valence-corrected chi connectivity index (χ4v) is 1.18. The highest BCUT2D eigenvalue weighted by Crippen LogP contribution is 2.13. The number of amides is 1. The predicted octanol–water partition coefficient (Wildman–Crippen LogP) is 0.783. The Morgan fingerprint density at radius 1 is 1.24 bits per heavy atom. The Kier molecular flexibility index (Phi) is 4.09. The van der Waals surface area contributed by atoms with Gasteiger partial charge >= 0.3 is 5.97 Å². The summed E-state index contributed by atoms with van der Waals surface area (Å²) in [6.07, 6.45) is -0.920. The normalized spacial score (nSPS) is 11.7. The van der Waals surface area contributed by atoms with Crippen LogP contribution < -0.4 is 10.6 Å². The van der Waals surface area contributed by atoms with Crippen molar-refractivity contribution in [3.05, 3.63) is 29.8 Å². The number of esters is 1. The third-order valence-corrected chi connectivity index (χ3v) is 2.30. The van der Waals surface area contributed by atoms with Crippen LogP contribution in [-0.4, -0.2) is 32.1 Å². The summed E-state index contributed by atoms with van der Waals surface area (Å²) < 4.78 is 4.87. The lowest BCUT2D eigenvalue weighted by atomic mass is 10.2. The first-order valence-corrected chi connectivity index (χ1v) is 5.19. The molecule has 2 N–H and O–H groups in total. The van der Waals surface area contributed by atoms with Crippen LogP contribution in [0.15, 0.2) is 24.3 Å². The quantitative estimate of drug-likeness (QED) is 0.784. The molecule has 1 aromatic rings. The number of anilines is 1. The Bertz CT molecular complexity index is 412. The van der Waals surface area contributed by atoms with Gasteiger partial charge in [-0.05, 0) is 31.2 Å². The van der Waals surface area contributed by atoms with Crippen molar-refractivity contribution >= 4 is 17.6 Å². The van der Waals surface area contributed by atoms with Gasteiger partial charge in [-0.15, -0.1) is 0 Å². The van der Waals surface area contributed by atoms with E-state index in [1.807, 2.05) is 19.0 Å². The second kappa shape index (κ2) is 5.34. The van der Waals surface area contributed by atoms with Crippen molar-refractivity contribution in [3.8, 4) is 0 Å². The molecule has 0 unspecified atom stereocenters. The number of hydrogen-bond donors (Lipinski definition) is 1. The van der Waals surface area contributed by atoms with Crippen molar-refractivity contribution in [2.45, 2.75) is 13.0 Å². The molecule has 0 spiro atoms. The maximum absolute atomic E-state index is 11.6. The van der Waals surface area contributed by atoms with Crippen LogP contribution in [0.25, 0.3) is 0 Å². The molecule has 5 nitrogen and oxygen atoms in total. The molecule has 0 fully saturated rings. The summed E-state index contributed by atoms with van der Waals surface area (Å²) >= 11 is 0. The summed E-state index contributed by atoms with van der Waals surface area (Å²) in [5, 5.41) is 0. The van der Waals surface area contributed by atoms with Gasteiger partial charge in [0, 0.05) is 19.8 Å². The van der Waals surface area contributed by atoms with Crippen LogP contribution in [0, 0.1) is 0 Å². The SMILES string of the molecule is C[C@H](OC(=O)c1ccc(N(C)C)cc1)C(N)=O. The van der Waals surface area contributed by atoms with Gasteiger partial charge in [0.1, 0.15) is 0 Å². The molecule has 0 aromatic heterocycles. The third kappa shape index (κ3) is 3.48. The molecule has 1 atom stereocenters. The Balaban J connectivity index is 2.73. The molecule has 0 saturated carbocycles. The molecular weight excluding hydrogens is 220 g/mol. The molecule has 0 aliphatic rings. The molecule has 17 heavy (non-hydrogen) atoms. The van der Waals surface area contributed by atoms with Gasteiger partial charge in [0.05, 0.1) is 5.56 Å². The molecule has 0 saturated heterocycles. The fraction of sp³-hybridized carbons (Fsp3) is 0.333. The third-order valence-electron chi connectivity index (χ3n) is 2.30. The number of hydrogen-bond acceptors (Lipinski definition) is 4. The highest BCUT2D eigenvalue weighted by atomic mass is 16.5. The van der Waals surface area contributed by atoms with E-state index in [9.17, 15) is 9.59 Å². The molecule has 0 aliphatic heterocycles. The predicted molar refractivity (Wildman–Crippen MR) is 64.8 cm³/mol. The smallest absolute Gasteiger partial charge is 0.338 e. The monoisotopic (exact) mass is 236 g/mol. The first kappa shape index (κ1) is 13.0. The molecule has 1 rings (SSSR count). The molecule has 0 aliphatic carbocycles. The highest BCUT2D eigenvalue weighted by Gasteiger charge is 2.15. The minimum absolute atomic E-state index is 0.392. The number of nitrogens with zero attached hydrogens (tertiary/aromatic N) is 1. The summed E-state index contributed by atoms with van der Waals surface area (Å²) in [4.78, 5) is 24.3. The average molecular weight is 236 g/mol. The van der Waals surface area contributed by atoms with Gasteiger partial charge in [-0.1, -0.05) is 0 Å². The first-order valence-electron chi connectivity index (χ1n) is 5.19. The number of ether oxygens (including phenoxy) is 1. The van der Waals surface area contributed by atoms with Gasteiger partial charge < -0.3 is 15.4 Å². The zero-order valence-corrected chi connectivity index (χ0v) is 10.1. The second-order valence-corrected chi connectivity index (χ2v) is 3.89. The Morgan fingerprint density at radius 3 is 2.18 bits per heavy atom. The van der Waals surface area contributed by atoms with Gasteiger partial charge in [-0.3, -0.25) is 4.79 Å². The van der Waals surface area contributed by atoms with Crippen LogP contribution in [0.1, 0.15) is 17.3 Å². The summed E-state index contributed by atoms with van der Waals surface area (Å²) in [5.41, 5.74) is 6.37.